The van der Waals surface area contributed by atoms with E-state index in [1.54, 1.807) is 4.90 Å². The number of aliphatic hydroxyl groups is 1. The second-order valence-electron chi connectivity index (χ2n) is 7.60. The van der Waals surface area contributed by atoms with E-state index < -0.39 is 34.7 Å². The number of halogens is 1. The number of sulfonamides is 1. The Labute approximate surface area is 197 Å². The maximum Gasteiger partial charge on any atom is 0.327 e. The highest BCUT2D eigenvalue weighted by Gasteiger charge is 2.32. The number of hydrogen-bond donors (Lipinski definition) is 2. The van der Waals surface area contributed by atoms with Gasteiger partial charge in [-0.15, -0.1) is 0 Å². The molecular formula is C22H26ClN3O6S. The van der Waals surface area contributed by atoms with Crippen molar-refractivity contribution in [1.29, 1.82) is 0 Å². The van der Waals surface area contributed by atoms with E-state index in [9.17, 15) is 23.1 Å². The zero-order valence-corrected chi connectivity index (χ0v) is 19.6. The van der Waals surface area contributed by atoms with Crippen molar-refractivity contribution in [2.75, 3.05) is 37.7 Å². The van der Waals surface area contributed by atoms with Crippen LogP contribution < -0.4 is 9.62 Å². The molecule has 0 unspecified atom stereocenters. The summed E-state index contributed by atoms with van der Waals surface area (Å²) in [6, 6.07) is 13.6. The first-order valence-electron chi connectivity index (χ1n) is 10.4. The lowest BCUT2D eigenvalue weighted by Crippen LogP contribution is -2.51. The molecule has 1 saturated heterocycles. The number of nitrogens with one attached hydrogen (secondary N) is 1. The highest BCUT2D eigenvalue weighted by atomic mass is 35.5. The summed E-state index contributed by atoms with van der Waals surface area (Å²) in [7, 11) is -4.13. The Bertz CT molecular complexity index is 1060. The van der Waals surface area contributed by atoms with Gasteiger partial charge in [-0.25, -0.2) is 8.42 Å². The molecule has 178 valence electrons. The molecule has 33 heavy (non-hydrogen) atoms. The topological polar surface area (TPSA) is 116 Å². The maximum absolute atomic E-state index is 12.5. The molecular weight excluding hydrogens is 470 g/mol. The van der Waals surface area contributed by atoms with Crippen LogP contribution in [0.15, 0.2) is 59.5 Å². The number of hydrogen-bond acceptors (Lipinski definition) is 7. The van der Waals surface area contributed by atoms with Crippen LogP contribution in [0.4, 0.5) is 5.69 Å². The Morgan fingerprint density at radius 1 is 1.06 bits per heavy atom. The van der Waals surface area contributed by atoms with Gasteiger partial charge < -0.3 is 19.6 Å². The van der Waals surface area contributed by atoms with Gasteiger partial charge in [-0.1, -0.05) is 29.8 Å². The smallest absolute Gasteiger partial charge is 0.327 e. The van der Waals surface area contributed by atoms with Gasteiger partial charge in [0.1, 0.15) is 6.04 Å². The number of aliphatic hydroxyl groups excluding tert-OH is 1. The molecule has 1 amide bonds. The maximum atomic E-state index is 12.5. The number of benzene rings is 2. The lowest BCUT2D eigenvalue weighted by molar-refractivity contribution is -0.155. The number of nitrogens with zero attached hydrogens (tertiary/aromatic N) is 2. The third-order valence-corrected chi connectivity index (χ3v) is 6.94. The average molecular weight is 496 g/mol. The predicted octanol–water partition coefficient (Wildman–Crippen LogP) is 1.26. The van der Waals surface area contributed by atoms with Gasteiger partial charge in [0.25, 0.3) is 5.91 Å². The van der Waals surface area contributed by atoms with E-state index in [-0.39, 0.29) is 10.8 Å². The number of carbonyl (C=O) groups excluding carboxylic acids is 2. The van der Waals surface area contributed by atoms with Crippen LogP contribution in [-0.4, -0.2) is 75.2 Å². The molecule has 0 aromatic heterocycles. The number of carbonyl (C=O) groups is 2. The van der Waals surface area contributed by atoms with E-state index in [1.807, 2.05) is 30.3 Å². The molecule has 9 nitrogen and oxygen atoms in total. The number of piperazine rings is 1. The van der Waals surface area contributed by atoms with Gasteiger partial charge >= 0.3 is 5.97 Å². The number of rotatable bonds is 8. The number of anilines is 1. The van der Waals surface area contributed by atoms with Crippen molar-refractivity contribution < 1.29 is 27.9 Å². The van der Waals surface area contributed by atoms with E-state index in [2.05, 4.69) is 9.62 Å². The molecule has 0 bridgehead atoms. The Morgan fingerprint density at radius 2 is 1.67 bits per heavy atom. The van der Waals surface area contributed by atoms with Crippen molar-refractivity contribution in [3.8, 4) is 0 Å². The molecule has 0 spiro atoms. The Kier molecular flexibility index (Phi) is 8.30. The normalized spacial score (nSPS) is 16.2. The van der Waals surface area contributed by atoms with Gasteiger partial charge in [-0.3, -0.25) is 9.59 Å². The fourth-order valence-corrected chi connectivity index (χ4v) is 4.74. The lowest BCUT2D eigenvalue weighted by Gasteiger charge is -2.36. The number of amides is 1. The minimum Gasteiger partial charge on any atom is -0.454 e. The molecule has 2 atom stereocenters. The van der Waals surface area contributed by atoms with Gasteiger partial charge in [-0.2, -0.15) is 4.72 Å². The molecule has 0 radical (unpaired) electrons. The number of para-hydroxylation sites is 1. The van der Waals surface area contributed by atoms with E-state index in [0.717, 1.165) is 5.69 Å². The van der Waals surface area contributed by atoms with Crippen LogP contribution in [0.2, 0.25) is 5.02 Å². The second-order valence-corrected chi connectivity index (χ2v) is 9.75. The van der Waals surface area contributed by atoms with Crippen LogP contribution in [0, 0.1) is 0 Å². The zero-order chi connectivity index (χ0) is 24.0. The molecule has 1 fully saturated rings. The number of esters is 1. The van der Waals surface area contributed by atoms with E-state index in [4.69, 9.17) is 16.3 Å². The van der Waals surface area contributed by atoms with Crippen molar-refractivity contribution in [2.24, 2.45) is 0 Å². The molecule has 3 rings (SSSR count). The fraction of sp³-hybridized carbons (Fsp3) is 0.364. The van der Waals surface area contributed by atoms with Gasteiger partial charge in [0.2, 0.25) is 10.0 Å². The summed E-state index contributed by atoms with van der Waals surface area (Å²) in [5.74, 6) is -1.43. The van der Waals surface area contributed by atoms with Gasteiger partial charge in [0, 0.05) is 36.9 Å². The minimum atomic E-state index is -4.13. The minimum absolute atomic E-state index is 0.127. The highest BCUT2D eigenvalue weighted by Crippen LogP contribution is 2.17. The van der Waals surface area contributed by atoms with Crippen LogP contribution in [0.1, 0.15) is 6.92 Å². The predicted molar refractivity (Wildman–Crippen MR) is 123 cm³/mol. The van der Waals surface area contributed by atoms with Crippen LogP contribution in [-0.2, 0) is 24.3 Å². The first-order valence-corrected chi connectivity index (χ1v) is 12.2. The summed E-state index contributed by atoms with van der Waals surface area (Å²) in [5.41, 5.74) is 1.07. The molecule has 1 heterocycles. The Balaban J connectivity index is 1.53. The molecule has 2 aromatic rings. The monoisotopic (exact) mass is 495 g/mol. The average Bonchev–Trinajstić information content (AvgIpc) is 2.81. The molecule has 0 aliphatic carbocycles. The largest absolute Gasteiger partial charge is 0.454 e. The summed E-state index contributed by atoms with van der Waals surface area (Å²) in [6.45, 7) is 2.92. The van der Waals surface area contributed by atoms with E-state index in [0.29, 0.717) is 31.2 Å². The Hall–Kier alpha value is -2.66. The highest BCUT2D eigenvalue weighted by molar-refractivity contribution is 7.89. The number of ether oxygens (including phenoxy) is 1. The third-order valence-electron chi connectivity index (χ3n) is 5.23. The second kappa shape index (κ2) is 11.0. The fourth-order valence-electron chi connectivity index (χ4n) is 3.36. The van der Waals surface area contributed by atoms with Crippen LogP contribution >= 0.6 is 11.6 Å². The van der Waals surface area contributed by atoms with Crippen LogP contribution in [0.25, 0.3) is 0 Å². The molecule has 11 heteroatoms. The Morgan fingerprint density at radius 3 is 2.24 bits per heavy atom. The van der Waals surface area contributed by atoms with Gasteiger partial charge in [0.15, 0.2) is 6.61 Å². The lowest BCUT2D eigenvalue weighted by atomic mass is 10.2. The summed E-state index contributed by atoms with van der Waals surface area (Å²) >= 11 is 5.77. The van der Waals surface area contributed by atoms with Gasteiger partial charge in [0.05, 0.1) is 11.0 Å². The summed E-state index contributed by atoms with van der Waals surface area (Å²) in [6.07, 6.45) is -1.39. The quantitative estimate of drug-likeness (QED) is 0.529. The molecule has 2 aromatic carbocycles. The van der Waals surface area contributed by atoms with Crippen molar-refractivity contribution in [2.45, 2.75) is 24.0 Å². The van der Waals surface area contributed by atoms with Crippen LogP contribution in [0.3, 0.4) is 0 Å². The molecule has 1 aliphatic rings. The third kappa shape index (κ3) is 6.67. The zero-order valence-electron chi connectivity index (χ0n) is 18.1. The summed E-state index contributed by atoms with van der Waals surface area (Å²) in [5, 5.41) is 10.3. The SMILES string of the molecule is C[C@@H](O)[C@H](NS(=O)(=O)c1ccc(Cl)cc1)C(=O)OCC(=O)N1CCN(c2ccccc2)CC1. The molecule has 1 aliphatic heterocycles. The standard InChI is InChI=1S/C22H26ClN3O6S/c1-16(27)21(24-33(30,31)19-9-7-17(23)8-10-19)22(29)32-15-20(28)26-13-11-25(12-14-26)18-5-3-2-4-6-18/h2-10,16,21,24,27H,11-15H2,1H3/t16-,21+/m1/s1. The van der Waals surface area contributed by atoms with E-state index in [1.165, 1.54) is 31.2 Å². The van der Waals surface area contributed by atoms with Crippen molar-refractivity contribution >= 4 is 39.2 Å². The van der Waals surface area contributed by atoms with Crippen molar-refractivity contribution in [3.63, 3.8) is 0 Å². The molecule has 2 N–H and O–H groups in total. The first kappa shape index (κ1) is 25.0. The molecule has 0 saturated carbocycles. The van der Waals surface area contributed by atoms with Gasteiger partial charge in [-0.05, 0) is 43.3 Å². The van der Waals surface area contributed by atoms with Crippen molar-refractivity contribution in [3.05, 3.63) is 59.6 Å². The first-order chi connectivity index (χ1) is 15.7. The van der Waals surface area contributed by atoms with E-state index >= 15 is 0 Å². The summed E-state index contributed by atoms with van der Waals surface area (Å²) < 4.78 is 32.3. The van der Waals surface area contributed by atoms with Crippen molar-refractivity contribution in [1.82, 2.24) is 9.62 Å². The van der Waals surface area contributed by atoms with Crippen LogP contribution in [0.5, 0.6) is 0 Å². The summed E-state index contributed by atoms with van der Waals surface area (Å²) in [4.78, 5) is 28.6.